The number of hydrogen-bond donors (Lipinski definition) is 0. The molecule has 0 aliphatic heterocycles. The van der Waals surface area contributed by atoms with Gasteiger partial charge in [-0.1, -0.05) is 243 Å². The van der Waals surface area contributed by atoms with Gasteiger partial charge in [0.1, 0.15) is 0 Å². The van der Waals surface area contributed by atoms with E-state index >= 15 is 0 Å². The van der Waals surface area contributed by atoms with Crippen LogP contribution in [0, 0.1) is 0 Å². The van der Waals surface area contributed by atoms with Crippen molar-refractivity contribution in [3.63, 3.8) is 0 Å². The Balaban J connectivity index is 0.834. The van der Waals surface area contributed by atoms with E-state index in [1.807, 2.05) is 0 Å². The molecular formula is C72H52N2. The van der Waals surface area contributed by atoms with Gasteiger partial charge < -0.3 is 9.80 Å². The van der Waals surface area contributed by atoms with Crippen molar-refractivity contribution in [1.82, 2.24) is 0 Å². The zero-order valence-electron chi connectivity index (χ0n) is 40.9. The average Bonchev–Trinajstić information content (AvgIpc) is 3.49. The van der Waals surface area contributed by atoms with E-state index in [4.69, 9.17) is 0 Å². The largest absolute Gasteiger partial charge is 0.311 e. The molecule has 0 fully saturated rings. The number of anilines is 6. The second kappa shape index (κ2) is 20.9. The summed E-state index contributed by atoms with van der Waals surface area (Å²) in [5.41, 5.74) is 23.2. The summed E-state index contributed by atoms with van der Waals surface area (Å²) in [6.45, 7) is 0. The second-order valence-electron chi connectivity index (χ2n) is 18.6. The van der Waals surface area contributed by atoms with Crippen LogP contribution in [0.5, 0.6) is 0 Å². The predicted octanol–water partition coefficient (Wildman–Crippen LogP) is 20.3. The lowest BCUT2D eigenvalue weighted by Crippen LogP contribution is -2.10. The fraction of sp³-hybridized carbons (Fsp3) is 0. The average molecular weight is 945 g/mol. The van der Waals surface area contributed by atoms with E-state index in [2.05, 4.69) is 325 Å². The van der Waals surface area contributed by atoms with Crippen LogP contribution in [0.1, 0.15) is 0 Å². The van der Waals surface area contributed by atoms with Crippen LogP contribution in [0.15, 0.2) is 315 Å². The van der Waals surface area contributed by atoms with Gasteiger partial charge in [-0.2, -0.15) is 0 Å². The Morgan fingerprint density at radius 1 is 0.108 bits per heavy atom. The minimum absolute atomic E-state index is 1.08. The fourth-order valence-corrected chi connectivity index (χ4v) is 9.94. The first-order valence-electron chi connectivity index (χ1n) is 25.3. The van der Waals surface area contributed by atoms with Crippen LogP contribution in [-0.4, -0.2) is 0 Å². The van der Waals surface area contributed by atoms with E-state index < -0.39 is 0 Å². The summed E-state index contributed by atoms with van der Waals surface area (Å²) >= 11 is 0. The zero-order chi connectivity index (χ0) is 49.5. The summed E-state index contributed by atoms with van der Waals surface area (Å²) in [6.07, 6.45) is 0. The van der Waals surface area contributed by atoms with Crippen LogP contribution >= 0.6 is 0 Å². The van der Waals surface area contributed by atoms with Gasteiger partial charge in [-0.05, 0) is 151 Å². The van der Waals surface area contributed by atoms with Crippen molar-refractivity contribution in [3.8, 4) is 77.9 Å². The Morgan fingerprint density at radius 2 is 0.216 bits per heavy atom. The summed E-state index contributed by atoms with van der Waals surface area (Å²) < 4.78 is 0. The quantitative estimate of drug-likeness (QED) is 0.114. The third-order valence-electron chi connectivity index (χ3n) is 14.0. The van der Waals surface area contributed by atoms with Crippen molar-refractivity contribution >= 4 is 34.1 Å². The molecular weight excluding hydrogens is 893 g/mol. The van der Waals surface area contributed by atoms with Crippen molar-refractivity contribution in [1.29, 1.82) is 0 Å². The summed E-state index contributed by atoms with van der Waals surface area (Å²) in [5.74, 6) is 0. The highest BCUT2D eigenvalue weighted by molar-refractivity contribution is 5.84. The number of hydrogen-bond acceptors (Lipinski definition) is 2. The Bertz CT molecular complexity index is 3450. The van der Waals surface area contributed by atoms with E-state index in [-0.39, 0.29) is 0 Å². The minimum atomic E-state index is 1.08. The van der Waals surface area contributed by atoms with E-state index in [9.17, 15) is 0 Å². The molecule has 0 spiro atoms. The molecule has 0 amide bonds. The first-order chi connectivity index (χ1) is 36.7. The zero-order valence-corrected chi connectivity index (χ0v) is 40.9. The molecule has 0 bridgehead atoms. The third kappa shape index (κ3) is 9.81. The molecule has 350 valence electrons. The summed E-state index contributed by atoms with van der Waals surface area (Å²) in [7, 11) is 0. The van der Waals surface area contributed by atoms with Crippen molar-refractivity contribution in [2.45, 2.75) is 0 Å². The molecule has 0 N–H and O–H groups in total. The molecule has 12 rings (SSSR count). The Hall–Kier alpha value is -9.76. The van der Waals surface area contributed by atoms with Gasteiger partial charge in [0.25, 0.3) is 0 Å². The molecule has 12 aromatic carbocycles. The van der Waals surface area contributed by atoms with Gasteiger partial charge in [0.05, 0.1) is 0 Å². The molecule has 2 nitrogen and oxygen atoms in total. The normalized spacial score (nSPS) is 11.0. The molecule has 12 aromatic rings. The van der Waals surface area contributed by atoms with Gasteiger partial charge in [-0.15, -0.1) is 0 Å². The van der Waals surface area contributed by atoms with Gasteiger partial charge in [-0.25, -0.2) is 0 Å². The fourth-order valence-electron chi connectivity index (χ4n) is 9.94. The monoisotopic (exact) mass is 944 g/mol. The summed E-state index contributed by atoms with van der Waals surface area (Å²) in [6, 6.07) is 113. The van der Waals surface area contributed by atoms with Crippen LogP contribution in [-0.2, 0) is 0 Å². The lowest BCUT2D eigenvalue weighted by Gasteiger charge is -2.27. The highest BCUT2D eigenvalue weighted by Gasteiger charge is 2.17. The SMILES string of the molecule is c1ccc(-c2ccc(-c3ccc(N(c4ccc(-c5ccccc5)cc4)c4ccc(-c5ccc(N(c6ccc(-c7ccccc7)cc6)c6ccc(-c7ccc(-c8ccccc8)cc7)cc6)cc5)cc4)cc3)cc2)cc1. The van der Waals surface area contributed by atoms with Crippen LogP contribution < -0.4 is 9.80 Å². The molecule has 0 atom stereocenters. The first-order valence-corrected chi connectivity index (χ1v) is 25.3. The summed E-state index contributed by atoms with van der Waals surface area (Å²) in [5, 5.41) is 0. The summed E-state index contributed by atoms with van der Waals surface area (Å²) in [4.78, 5) is 4.69. The van der Waals surface area contributed by atoms with Crippen molar-refractivity contribution in [2.24, 2.45) is 0 Å². The number of rotatable bonds is 13. The van der Waals surface area contributed by atoms with Crippen molar-refractivity contribution in [3.05, 3.63) is 315 Å². The maximum Gasteiger partial charge on any atom is 0.0462 e. The van der Waals surface area contributed by atoms with Gasteiger partial charge >= 0.3 is 0 Å². The smallest absolute Gasteiger partial charge is 0.0462 e. The van der Waals surface area contributed by atoms with Gasteiger partial charge in [0, 0.05) is 34.1 Å². The van der Waals surface area contributed by atoms with Gasteiger partial charge in [0.2, 0.25) is 0 Å². The molecule has 0 aliphatic rings. The molecule has 0 heterocycles. The Morgan fingerprint density at radius 3 is 0.351 bits per heavy atom. The standard InChI is InChI=1S/C72H52N2/c1-5-13-53(14-6-1)57-21-25-59(26-22-57)63-33-45-69(46-34-63)73(67-41-29-61(30-42-67)55-17-9-3-10-18-55)71-49-37-65(38-50-71)66-39-51-72(52-40-66)74(68-43-31-62(32-44-68)56-19-11-4-12-20-56)70-47-35-64(36-48-70)60-27-23-58(24-28-60)54-15-7-2-8-16-54/h1-52H. The topological polar surface area (TPSA) is 6.48 Å². The van der Waals surface area contributed by atoms with E-state index in [1.165, 1.54) is 66.8 Å². The third-order valence-corrected chi connectivity index (χ3v) is 14.0. The molecule has 0 saturated carbocycles. The van der Waals surface area contributed by atoms with Crippen LogP contribution in [0.4, 0.5) is 34.1 Å². The van der Waals surface area contributed by atoms with E-state index in [0.717, 1.165) is 45.3 Å². The molecule has 74 heavy (non-hydrogen) atoms. The Kier molecular flexibility index (Phi) is 12.8. The number of nitrogens with zero attached hydrogens (tertiary/aromatic N) is 2. The van der Waals surface area contributed by atoms with Crippen LogP contribution in [0.3, 0.4) is 0 Å². The first kappa shape index (κ1) is 45.4. The highest BCUT2D eigenvalue weighted by Crippen LogP contribution is 2.41. The number of benzene rings is 12. The van der Waals surface area contributed by atoms with E-state index in [0.29, 0.717) is 0 Å². The van der Waals surface area contributed by atoms with Crippen molar-refractivity contribution in [2.75, 3.05) is 9.80 Å². The van der Waals surface area contributed by atoms with E-state index in [1.54, 1.807) is 0 Å². The highest BCUT2D eigenvalue weighted by atomic mass is 15.1. The van der Waals surface area contributed by atoms with Crippen LogP contribution in [0.25, 0.3) is 77.9 Å². The maximum atomic E-state index is 2.34. The lowest BCUT2D eigenvalue weighted by atomic mass is 9.99. The molecule has 0 unspecified atom stereocenters. The Labute approximate surface area is 435 Å². The molecule has 0 aliphatic carbocycles. The second-order valence-corrected chi connectivity index (χ2v) is 18.6. The van der Waals surface area contributed by atoms with Crippen molar-refractivity contribution < 1.29 is 0 Å². The lowest BCUT2D eigenvalue weighted by molar-refractivity contribution is 1.28. The minimum Gasteiger partial charge on any atom is -0.311 e. The van der Waals surface area contributed by atoms with Gasteiger partial charge in [-0.3, -0.25) is 0 Å². The predicted molar refractivity (Wildman–Crippen MR) is 314 cm³/mol. The van der Waals surface area contributed by atoms with Gasteiger partial charge in [0.15, 0.2) is 0 Å². The maximum absolute atomic E-state index is 2.34. The molecule has 0 aromatic heterocycles. The molecule has 0 saturated heterocycles. The molecule has 2 heteroatoms. The van der Waals surface area contributed by atoms with Crippen LogP contribution in [0.2, 0.25) is 0 Å². The molecule has 0 radical (unpaired) electrons.